The van der Waals surface area contributed by atoms with E-state index in [4.69, 9.17) is 4.74 Å². The maximum atomic E-state index is 13.0. The van der Waals surface area contributed by atoms with Crippen molar-refractivity contribution < 1.29 is 14.3 Å². The second-order valence-electron chi connectivity index (χ2n) is 7.46. The average Bonchev–Trinajstić information content (AvgIpc) is 3.32. The number of hydrogen-bond acceptors (Lipinski definition) is 6. The molecule has 2 amide bonds. The molecule has 3 aromatic rings. The van der Waals surface area contributed by atoms with Gasteiger partial charge < -0.3 is 14.5 Å². The molecule has 0 saturated carbocycles. The number of thiophene rings is 2. The first-order valence-corrected chi connectivity index (χ1v) is 11.6. The Hall–Kier alpha value is -2.00. The number of carbonyl (C=O) groups is 2. The van der Waals surface area contributed by atoms with Crippen molar-refractivity contribution in [2.24, 2.45) is 0 Å². The van der Waals surface area contributed by atoms with Crippen LogP contribution in [0, 0.1) is 0 Å². The highest BCUT2D eigenvalue weighted by atomic mass is 32.1. The summed E-state index contributed by atoms with van der Waals surface area (Å²) in [4.78, 5) is 32.3. The quantitative estimate of drug-likeness (QED) is 0.643. The molecule has 0 N–H and O–H groups in total. The Morgan fingerprint density at radius 3 is 2.41 bits per heavy atom. The smallest absolute Gasteiger partial charge is 0.264 e. The number of amides is 2. The maximum absolute atomic E-state index is 13.0. The summed E-state index contributed by atoms with van der Waals surface area (Å²) < 4.78 is 8.99. The lowest BCUT2D eigenvalue weighted by Gasteiger charge is -2.36. The highest BCUT2D eigenvalue weighted by molar-refractivity contribution is 7.33. The van der Waals surface area contributed by atoms with Crippen LogP contribution >= 0.6 is 22.7 Å². The SMILES string of the molecule is O=C(CN1CCOCC1)N1CCN(C(=O)c2cc3sc4ccccc4c3s2)CC1. The molecule has 2 aliphatic heterocycles. The summed E-state index contributed by atoms with van der Waals surface area (Å²) in [5, 5.41) is 1.23. The van der Waals surface area contributed by atoms with Gasteiger partial charge in [0.1, 0.15) is 0 Å². The molecule has 0 bridgehead atoms. The van der Waals surface area contributed by atoms with E-state index in [9.17, 15) is 9.59 Å². The number of fused-ring (bicyclic) bond motifs is 3. The minimum atomic E-state index is 0.0859. The van der Waals surface area contributed by atoms with Crippen molar-refractivity contribution in [3.05, 3.63) is 35.2 Å². The molecule has 2 aromatic heterocycles. The van der Waals surface area contributed by atoms with E-state index in [-0.39, 0.29) is 11.8 Å². The molecule has 2 aliphatic rings. The van der Waals surface area contributed by atoms with E-state index in [2.05, 4.69) is 17.0 Å². The molecule has 1 aromatic carbocycles. The number of morpholine rings is 1. The summed E-state index contributed by atoms with van der Waals surface area (Å²) in [6, 6.07) is 10.4. The van der Waals surface area contributed by atoms with Gasteiger partial charge >= 0.3 is 0 Å². The van der Waals surface area contributed by atoms with Gasteiger partial charge in [-0.1, -0.05) is 18.2 Å². The van der Waals surface area contributed by atoms with Gasteiger partial charge in [-0.15, -0.1) is 22.7 Å². The first-order valence-electron chi connectivity index (χ1n) is 9.97. The van der Waals surface area contributed by atoms with E-state index in [1.165, 1.54) is 19.5 Å². The van der Waals surface area contributed by atoms with Crippen LogP contribution in [-0.4, -0.2) is 85.5 Å². The first-order chi connectivity index (χ1) is 14.2. The van der Waals surface area contributed by atoms with Gasteiger partial charge in [0.05, 0.1) is 29.3 Å². The summed E-state index contributed by atoms with van der Waals surface area (Å²) in [5.41, 5.74) is 0. The van der Waals surface area contributed by atoms with Crippen LogP contribution in [0.25, 0.3) is 19.5 Å². The topological polar surface area (TPSA) is 53.1 Å². The third-order valence-electron chi connectivity index (χ3n) is 5.64. The number of piperazine rings is 1. The largest absolute Gasteiger partial charge is 0.379 e. The zero-order valence-corrected chi connectivity index (χ0v) is 17.8. The number of nitrogens with zero attached hydrogens (tertiary/aromatic N) is 3. The summed E-state index contributed by atoms with van der Waals surface area (Å²) in [6.45, 7) is 5.88. The van der Waals surface area contributed by atoms with Crippen LogP contribution < -0.4 is 0 Å². The van der Waals surface area contributed by atoms with Crippen molar-refractivity contribution in [1.29, 1.82) is 0 Å². The standard InChI is InChI=1S/C21H23N3O3S2/c25-19(14-22-9-11-27-12-10-22)23-5-7-24(8-6-23)21(26)18-13-17-20(29-18)15-3-1-2-4-16(15)28-17/h1-4,13H,5-12,14H2. The van der Waals surface area contributed by atoms with E-state index < -0.39 is 0 Å². The highest BCUT2D eigenvalue weighted by Crippen LogP contribution is 2.39. The predicted molar refractivity (Wildman–Crippen MR) is 117 cm³/mol. The lowest BCUT2D eigenvalue weighted by molar-refractivity contribution is -0.134. The summed E-state index contributed by atoms with van der Waals surface area (Å²) in [7, 11) is 0. The molecule has 2 saturated heterocycles. The minimum absolute atomic E-state index is 0.0859. The van der Waals surface area contributed by atoms with Crippen LogP contribution in [0.2, 0.25) is 0 Å². The number of hydrogen-bond donors (Lipinski definition) is 0. The molecule has 0 atom stereocenters. The van der Waals surface area contributed by atoms with Gasteiger partial charge in [-0.2, -0.15) is 0 Å². The normalized spacial score (nSPS) is 18.6. The van der Waals surface area contributed by atoms with Gasteiger partial charge in [0.15, 0.2) is 0 Å². The maximum Gasteiger partial charge on any atom is 0.264 e. The molecule has 0 spiro atoms. The van der Waals surface area contributed by atoms with E-state index in [1.807, 2.05) is 28.0 Å². The van der Waals surface area contributed by atoms with Crippen LogP contribution in [0.4, 0.5) is 0 Å². The van der Waals surface area contributed by atoms with Crippen LogP contribution in [-0.2, 0) is 9.53 Å². The third-order valence-corrected chi connectivity index (χ3v) is 8.05. The average molecular weight is 430 g/mol. The van der Waals surface area contributed by atoms with E-state index in [0.717, 1.165) is 18.0 Å². The summed E-state index contributed by atoms with van der Waals surface area (Å²) >= 11 is 3.33. The lowest BCUT2D eigenvalue weighted by Crippen LogP contribution is -2.53. The molecule has 8 heteroatoms. The fourth-order valence-corrected chi connectivity index (χ4v) is 6.46. The fourth-order valence-electron chi connectivity index (χ4n) is 3.97. The van der Waals surface area contributed by atoms with Gasteiger partial charge in [-0.3, -0.25) is 14.5 Å². The third kappa shape index (κ3) is 3.77. The van der Waals surface area contributed by atoms with Crippen molar-refractivity contribution >= 4 is 54.0 Å². The van der Waals surface area contributed by atoms with Gasteiger partial charge in [-0.05, 0) is 12.1 Å². The summed E-state index contributed by atoms with van der Waals surface area (Å²) in [5.74, 6) is 0.241. The highest BCUT2D eigenvalue weighted by Gasteiger charge is 2.27. The Labute approximate surface area is 177 Å². The zero-order chi connectivity index (χ0) is 19.8. The minimum Gasteiger partial charge on any atom is -0.379 e. The van der Waals surface area contributed by atoms with E-state index >= 15 is 0 Å². The van der Waals surface area contributed by atoms with E-state index in [1.54, 1.807) is 22.7 Å². The molecular weight excluding hydrogens is 406 g/mol. The van der Waals surface area contributed by atoms with Crippen molar-refractivity contribution in [2.45, 2.75) is 0 Å². The number of rotatable bonds is 3. The zero-order valence-electron chi connectivity index (χ0n) is 16.1. The molecule has 29 heavy (non-hydrogen) atoms. The Balaban J connectivity index is 1.22. The molecule has 0 unspecified atom stereocenters. The second-order valence-corrected chi connectivity index (χ2v) is 9.60. The van der Waals surface area contributed by atoms with E-state index in [0.29, 0.717) is 45.9 Å². The van der Waals surface area contributed by atoms with Crippen LogP contribution in [0.3, 0.4) is 0 Å². The Bertz CT molecular complexity index is 1050. The van der Waals surface area contributed by atoms with Crippen molar-refractivity contribution in [3.63, 3.8) is 0 Å². The fraction of sp³-hybridized carbons (Fsp3) is 0.429. The molecule has 2 fully saturated rings. The monoisotopic (exact) mass is 429 g/mol. The summed E-state index contributed by atoms with van der Waals surface area (Å²) in [6.07, 6.45) is 0. The van der Waals surface area contributed by atoms with Gasteiger partial charge in [0, 0.05) is 54.1 Å². The molecular formula is C21H23N3O3S2. The molecule has 152 valence electrons. The number of benzene rings is 1. The van der Waals surface area contributed by atoms with Gasteiger partial charge in [0.2, 0.25) is 5.91 Å². The van der Waals surface area contributed by atoms with Crippen molar-refractivity contribution in [1.82, 2.24) is 14.7 Å². The lowest BCUT2D eigenvalue weighted by atomic mass is 10.2. The van der Waals surface area contributed by atoms with Gasteiger partial charge in [-0.25, -0.2) is 0 Å². The van der Waals surface area contributed by atoms with Crippen molar-refractivity contribution in [3.8, 4) is 0 Å². The Kier molecular flexibility index (Phi) is 5.26. The van der Waals surface area contributed by atoms with Crippen molar-refractivity contribution in [2.75, 3.05) is 59.0 Å². The van der Waals surface area contributed by atoms with Gasteiger partial charge in [0.25, 0.3) is 5.91 Å². The second kappa shape index (κ2) is 8.02. The predicted octanol–water partition coefficient (Wildman–Crippen LogP) is 2.73. The van der Waals surface area contributed by atoms with Crippen LogP contribution in [0.5, 0.6) is 0 Å². The first kappa shape index (κ1) is 19.0. The molecule has 0 radical (unpaired) electrons. The van der Waals surface area contributed by atoms with Crippen LogP contribution in [0.15, 0.2) is 30.3 Å². The molecule has 5 rings (SSSR count). The molecule has 0 aliphatic carbocycles. The van der Waals surface area contributed by atoms with Crippen LogP contribution in [0.1, 0.15) is 9.67 Å². The molecule has 4 heterocycles. The number of ether oxygens (including phenoxy) is 1. The molecule has 6 nitrogen and oxygen atoms in total. The Morgan fingerprint density at radius 1 is 0.897 bits per heavy atom. The number of carbonyl (C=O) groups excluding carboxylic acids is 2. The Morgan fingerprint density at radius 2 is 1.62 bits per heavy atom.